The minimum absolute atomic E-state index is 0.184. The summed E-state index contributed by atoms with van der Waals surface area (Å²) in [4.78, 5) is 0. The van der Waals surface area contributed by atoms with Crippen LogP contribution in [0.4, 0.5) is 0 Å². The quantitative estimate of drug-likeness (QED) is 0.606. The highest BCUT2D eigenvalue weighted by atomic mass is 35.6. The van der Waals surface area contributed by atoms with Crippen LogP contribution in [0.1, 0.15) is 19.3 Å². The topological polar surface area (TPSA) is 0 Å². The largest absolute Gasteiger partial charge is 0.192 e. The Hall–Kier alpha value is 1.48. The summed E-state index contributed by atoms with van der Waals surface area (Å²) >= 11 is 33.3. The van der Waals surface area contributed by atoms with E-state index in [1.807, 2.05) is 0 Å². The third kappa shape index (κ3) is 11.4. The molecule has 1 atom stereocenters. The van der Waals surface area contributed by atoms with Gasteiger partial charge in [-0.05, 0) is 12.8 Å². The number of hydrogen-bond acceptors (Lipinski definition) is 0. The molecule has 0 nitrogen and oxygen atoms in total. The first-order chi connectivity index (χ1) is 5.81. The molecular weight excluding hydrogens is 297 g/mol. The van der Waals surface area contributed by atoms with Gasteiger partial charge in [0.05, 0.1) is 0 Å². The molecule has 0 saturated carbocycles. The summed E-state index contributed by atoms with van der Waals surface area (Å²) in [6.07, 6.45) is 3.33. The van der Waals surface area contributed by atoms with Crippen LogP contribution in [0.5, 0.6) is 0 Å². The summed E-state index contributed by atoms with van der Waals surface area (Å²) in [7, 11) is 0. The molecule has 0 aromatic carbocycles. The fourth-order valence-electron chi connectivity index (χ4n) is 0.726. The van der Waals surface area contributed by atoms with Crippen LogP contribution in [-0.4, -0.2) is 9.17 Å². The van der Waals surface area contributed by atoms with Crippen molar-refractivity contribution >= 4 is 69.6 Å². The van der Waals surface area contributed by atoms with Gasteiger partial charge in [-0.25, -0.2) is 0 Å². The van der Waals surface area contributed by atoms with Gasteiger partial charge in [0.2, 0.25) is 0 Å². The highest BCUT2D eigenvalue weighted by Gasteiger charge is 2.23. The van der Waals surface area contributed by atoms with Crippen molar-refractivity contribution in [1.29, 1.82) is 0 Å². The molecule has 0 aliphatic heterocycles. The van der Waals surface area contributed by atoms with Gasteiger partial charge < -0.3 is 0 Å². The van der Waals surface area contributed by atoms with Gasteiger partial charge in [0, 0.05) is 11.8 Å². The second-order valence-corrected chi connectivity index (χ2v) is 6.63. The fraction of sp³-hybridized carbons (Fsp3) is 0.714. The lowest BCUT2D eigenvalue weighted by atomic mass is 10.2. The van der Waals surface area contributed by atoms with E-state index in [-0.39, 0.29) is 9.87 Å². The number of halogens is 6. The summed E-state index contributed by atoms with van der Waals surface area (Å²) in [5, 5.41) is -0.184. The van der Waals surface area contributed by atoms with Gasteiger partial charge in [0.1, 0.15) is 4.49 Å². The van der Waals surface area contributed by atoms with Crippen molar-refractivity contribution in [3.05, 3.63) is 10.6 Å². The number of hydrogen-bond donors (Lipinski definition) is 0. The summed E-state index contributed by atoms with van der Waals surface area (Å²) in [6, 6.07) is 0. The lowest BCUT2D eigenvalue weighted by Gasteiger charge is -2.14. The summed E-state index contributed by atoms with van der Waals surface area (Å²) < 4.78 is -1.06. The third-order valence-electron chi connectivity index (χ3n) is 1.23. The van der Waals surface area contributed by atoms with Crippen LogP contribution in [0.2, 0.25) is 0 Å². The zero-order chi connectivity index (χ0) is 10.5. The second-order valence-electron chi connectivity index (χ2n) is 2.49. The van der Waals surface area contributed by atoms with Gasteiger partial charge >= 0.3 is 0 Å². The monoisotopic (exact) mass is 302 g/mol. The first-order valence-corrected chi connectivity index (χ1v) is 5.86. The van der Waals surface area contributed by atoms with E-state index >= 15 is 0 Å². The maximum atomic E-state index is 5.88. The van der Waals surface area contributed by atoms with Crippen LogP contribution in [0, 0.1) is 0 Å². The van der Waals surface area contributed by atoms with Crippen LogP contribution in [0.3, 0.4) is 0 Å². The first kappa shape index (κ1) is 14.5. The Labute approximate surface area is 108 Å². The van der Waals surface area contributed by atoms with Gasteiger partial charge in [-0.2, -0.15) is 0 Å². The lowest BCUT2D eigenvalue weighted by molar-refractivity contribution is 0.709. The summed E-state index contributed by atoms with van der Waals surface area (Å²) in [5.74, 6) is 0. The van der Waals surface area contributed by atoms with Crippen molar-refractivity contribution in [1.82, 2.24) is 0 Å². The highest BCUT2D eigenvalue weighted by Crippen LogP contribution is 2.34. The molecule has 0 heterocycles. The van der Waals surface area contributed by atoms with Crippen molar-refractivity contribution in [2.24, 2.45) is 0 Å². The molecule has 0 rings (SSSR count). The Bertz CT molecular complexity index is 166. The van der Waals surface area contributed by atoms with Crippen LogP contribution in [0.25, 0.3) is 0 Å². The molecule has 6 heteroatoms. The summed E-state index contributed by atoms with van der Waals surface area (Å²) in [6.45, 7) is 0. The minimum Gasteiger partial charge on any atom is -0.123 e. The maximum Gasteiger partial charge on any atom is 0.192 e. The van der Waals surface area contributed by atoms with E-state index in [1.54, 1.807) is 6.08 Å². The van der Waals surface area contributed by atoms with Crippen molar-refractivity contribution in [3.8, 4) is 0 Å². The molecule has 0 aliphatic rings. The number of rotatable bonds is 4. The molecule has 0 spiro atoms. The molecule has 0 bridgehead atoms. The lowest BCUT2D eigenvalue weighted by Crippen LogP contribution is -2.11. The predicted molar refractivity (Wildman–Crippen MR) is 63.6 cm³/mol. The third-order valence-corrected chi connectivity index (χ3v) is 2.38. The molecule has 13 heavy (non-hydrogen) atoms. The standard InChI is InChI=1S/C7H8Cl6/c8-5(4-7(11,12)13)2-1-3-6(9)10/h3,5H,1-2,4H2. The molecule has 0 aliphatic carbocycles. The normalized spacial score (nSPS) is 14.0. The van der Waals surface area contributed by atoms with E-state index in [0.717, 1.165) is 0 Å². The molecule has 0 saturated heterocycles. The van der Waals surface area contributed by atoms with Gasteiger partial charge in [0.25, 0.3) is 0 Å². The number of alkyl halides is 4. The van der Waals surface area contributed by atoms with Gasteiger partial charge in [0.15, 0.2) is 3.79 Å². The molecule has 0 N–H and O–H groups in total. The van der Waals surface area contributed by atoms with E-state index in [2.05, 4.69) is 0 Å². The van der Waals surface area contributed by atoms with Crippen LogP contribution in [0.15, 0.2) is 10.6 Å². The van der Waals surface area contributed by atoms with E-state index < -0.39 is 3.79 Å². The first-order valence-electron chi connectivity index (χ1n) is 3.53. The molecule has 78 valence electrons. The Morgan fingerprint density at radius 3 is 2.15 bits per heavy atom. The molecule has 0 aromatic rings. The zero-order valence-electron chi connectivity index (χ0n) is 6.54. The SMILES string of the molecule is ClC(Cl)=CCCC(Cl)CC(Cl)(Cl)Cl. The maximum absolute atomic E-state index is 5.88. The average Bonchev–Trinajstić information content (AvgIpc) is 1.81. The van der Waals surface area contributed by atoms with Gasteiger partial charge in [-0.15, -0.1) is 11.6 Å². The zero-order valence-corrected chi connectivity index (χ0v) is 11.1. The van der Waals surface area contributed by atoms with E-state index in [0.29, 0.717) is 19.3 Å². The molecule has 0 amide bonds. The second kappa shape index (κ2) is 6.87. The smallest absolute Gasteiger partial charge is 0.123 e. The van der Waals surface area contributed by atoms with Gasteiger partial charge in [-0.3, -0.25) is 0 Å². The predicted octanol–water partition coefficient (Wildman–Crippen LogP) is 5.45. The van der Waals surface area contributed by atoms with E-state index in [9.17, 15) is 0 Å². The van der Waals surface area contributed by atoms with Crippen LogP contribution in [-0.2, 0) is 0 Å². The van der Waals surface area contributed by atoms with Crippen molar-refractivity contribution < 1.29 is 0 Å². The Kier molecular flexibility index (Phi) is 7.65. The Morgan fingerprint density at radius 2 is 1.77 bits per heavy atom. The molecule has 1 unspecified atom stereocenters. The van der Waals surface area contributed by atoms with E-state index in [4.69, 9.17) is 69.6 Å². The minimum atomic E-state index is -1.29. The highest BCUT2D eigenvalue weighted by molar-refractivity contribution is 6.67. The van der Waals surface area contributed by atoms with Gasteiger partial charge in [-0.1, -0.05) is 64.1 Å². The Balaban J connectivity index is 3.64. The molecule has 0 radical (unpaired) electrons. The van der Waals surface area contributed by atoms with Crippen molar-refractivity contribution in [3.63, 3.8) is 0 Å². The molecule has 0 aromatic heterocycles. The van der Waals surface area contributed by atoms with Crippen molar-refractivity contribution in [2.45, 2.75) is 28.4 Å². The number of allylic oxidation sites excluding steroid dienone is 1. The fourth-order valence-corrected chi connectivity index (χ4v) is 2.10. The molecular formula is C7H8Cl6. The van der Waals surface area contributed by atoms with E-state index in [1.165, 1.54) is 0 Å². The Morgan fingerprint density at radius 1 is 1.23 bits per heavy atom. The van der Waals surface area contributed by atoms with Crippen molar-refractivity contribution in [2.75, 3.05) is 0 Å². The molecule has 0 fully saturated rings. The summed E-state index contributed by atoms with van der Waals surface area (Å²) in [5.41, 5.74) is 0. The average molecular weight is 305 g/mol. The van der Waals surface area contributed by atoms with Crippen LogP contribution >= 0.6 is 69.6 Å². The van der Waals surface area contributed by atoms with Crippen LogP contribution < -0.4 is 0 Å².